The molecule has 3 rings (SSSR count). The Morgan fingerprint density at radius 1 is 0.821 bits per heavy atom. The van der Waals surface area contributed by atoms with Gasteiger partial charge in [-0.2, -0.15) is 0 Å². The number of rotatable bonds is 8. The van der Waals surface area contributed by atoms with Crippen LogP contribution in [0.5, 0.6) is 0 Å². The predicted octanol–water partition coefficient (Wildman–Crippen LogP) is -8.39. The molecule has 3 aliphatic rings. The van der Waals surface area contributed by atoms with E-state index in [2.05, 4.69) is 9.98 Å². The summed E-state index contributed by atoms with van der Waals surface area (Å²) >= 11 is 0. The molecule has 39 heavy (non-hydrogen) atoms. The highest BCUT2D eigenvalue weighted by Gasteiger charge is 2.60. The molecule has 16 N–H and O–H groups in total. The van der Waals surface area contributed by atoms with Crippen LogP contribution in [-0.2, 0) is 23.7 Å². The molecule has 224 valence electrons. The molecule has 0 amide bonds. The fourth-order valence-corrected chi connectivity index (χ4v) is 4.75. The average molecular weight is 569 g/mol. The second-order valence-electron chi connectivity index (χ2n) is 9.57. The predicted molar refractivity (Wildman–Crippen MR) is 126 cm³/mol. The number of aliphatic hydroxyl groups excluding tert-OH is 7. The van der Waals surface area contributed by atoms with Crippen LogP contribution in [0.1, 0.15) is 6.92 Å². The highest BCUT2D eigenvalue weighted by atomic mass is 16.8. The number of hydrogen-bond donors (Lipinski definition) is 12. The van der Waals surface area contributed by atoms with Gasteiger partial charge in [-0.15, -0.1) is 0 Å². The van der Waals surface area contributed by atoms with Crippen molar-refractivity contribution in [2.24, 2.45) is 32.9 Å². The summed E-state index contributed by atoms with van der Waals surface area (Å²) in [7, 11) is 0. The van der Waals surface area contributed by atoms with E-state index in [0.29, 0.717) is 0 Å². The lowest BCUT2D eigenvalue weighted by atomic mass is 9.81. The molecule has 2 aliphatic heterocycles. The normalized spacial score (nSPS) is 48.3. The summed E-state index contributed by atoms with van der Waals surface area (Å²) in [5.74, 6) is -1.08. The molecule has 0 unspecified atom stereocenters. The molecule has 1 aliphatic carbocycles. The maximum atomic E-state index is 12.0. The van der Waals surface area contributed by atoms with E-state index in [1.54, 1.807) is 0 Å². The quantitative estimate of drug-likeness (QED) is 0.0734. The van der Waals surface area contributed by atoms with E-state index < -0.39 is 110 Å². The van der Waals surface area contributed by atoms with E-state index in [0.717, 1.165) is 0 Å². The van der Waals surface area contributed by atoms with E-state index in [9.17, 15) is 45.6 Å². The Balaban J connectivity index is 1.95. The highest BCUT2D eigenvalue weighted by molar-refractivity contribution is 5.76. The second-order valence-corrected chi connectivity index (χ2v) is 9.57. The van der Waals surface area contributed by atoms with Crippen LogP contribution in [0.25, 0.3) is 0 Å². The number of carbonyl (C=O) groups is 1. The Hall–Kier alpha value is -2.27. The van der Waals surface area contributed by atoms with Gasteiger partial charge in [-0.25, -0.2) is 9.98 Å². The zero-order chi connectivity index (χ0) is 29.4. The Labute approximate surface area is 221 Å². The molecule has 0 aromatic rings. The van der Waals surface area contributed by atoms with Crippen LogP contribution in [0.3, 0.4) is 0 Å². The SMILES string of the molecule is C[C@@H]1O[C@@H](O[C@@H]2[C@@H](O)[C@H](O)[C@@H](N=C(N)N)[C@H](O)[C@H]2N=C(N)N)[C@H](O[C@@H]2O[C@@H](CO)[C@H](O)[C@@H](O)[C@@H]2O)[C@@]1(O)C=O. The van der Waals surface area contributed by atoms with Crippen LogP contribution in [0, 0.1) is 0 Å². The molecule has 19 heteroatoms. The van der Waals surface area contributed by atoms with Crippen molar-refractivity contribution in [3.8, 4) is 0 Å². The van der Waals surface area contributed by atoms with Crippen molar-refractivity contribution in [1.82, 2.24) is 0 Å². The van der Waals surface area contributed by atoms with Gasteiger partial charge < -0.3 is 82.7 Å². The van der Waals surface area contributed by atoms with Gasteiger partial charge in [0.05, 0.1) is 12.7 Å². The molecule has 0 spiro atoms. The second kappa shape index (κ2) is 12.1. The molecule has 2 saturated heterocycles. The van der Waals surface area contributed by atoms with Crippen molar-refractivity contribution < 1.29 is 64.6 Å². The van der Waals surface area contributed by atoms with Crippen LogP contribution < -0.4 is 22.9 Å². The summed E-state index contributed by atoms with van der Waals surface area (Å²) in [6, 6.07) is -3.02. The first-order valence-corrected chi connectivity index (χ1v) is 11.8. The zero-order valence-corrected chi connectivity index (χ0v) is 20.7. The van der Waals surface area contributed by atoms with Crippen molar-refractivity contribution in [2.45, 2.75) is 98.2 Å². The number of ether oxygens (including phenoxy) is 4. The lowest BCUT2D eigenvalue weighted by molar-refractivity contribution is -0.334. The third-order valence-electron chi connectivity index (χ3n) is 6.97. The van der Waals surface area contributed by atoms with E-state index >= 15 is 0 Å². The molecular formula is C20H36N6O13. The minimum Gasteiger partial charge on any atom is -0.394 e. The lowest BCUT2D eigenvalue weighted by Gasteiger charge is -2.44. The number of hydrogen-bond acceptors (Lipinski definition) is 15. The van der Waals surface area contributed by atoms with Crippen LogP contribution in [0.15, 0.2) is 9.98 Å². The Bertz CT molecular complexity index is 921. The summed E-state index contributed by atoms with van der Waals surface area (Å²) < 4.78 is 22.2. The molecular weight excluding hydrogens is 532 g/mol. The Morgan fingerprint density at radius 2 is 1.41 bits per heavy atom. The third-order valence-corrected chi connectivity index (χ3v) is 6.97. The summed E-state index contributed by atoms with van der Waals surface area (Å²) in [5.41, 5.74) is 19.2. The van der Waals surface area contributed by atoms with Crippen LogP contribution in [0.4, 0.5) is 0 Å². The molecule has 1 saturated carbocycles. The number of nitrogens with zero attached hydrogens (tertiary/aromatic N) is 2. The highest BCUT2D eigenvalue weighted by Crippen LogP contribution is 2.38. The number of carbonyl (C=O) groups excluding carboxylic acids is 1. The monoisotopic (exact) mass is 568 g/mol. The molecule has 15 atom stereocenters. The number of aliphatic imine (C=N–C) groups is 2. The van der Waals surface area contributed by atoms with E-state index in [4.69, 9.17) is 41.9 Å². The minimum absolute atomic E-state index is 0.0684. The summed E-state index contributed by atoms with van der Waals surface area (Å²) in [6.07, 6.45) is -20.7. The van der Waals surface area contributed by atoms with Crippen molar-refractivity contribution in [2.75, 3.05) is 6.61 Å². The molecule has 0 aromatic carbocycles. The molecule has 0 bridgehead atoms. The number of aldehydes is 1. The van der Waals surface area contributed by atoms with Gasteiger partial charge in [-0.1, -0.05) is 0 Å². The van der Waals surface area contributed by atoms with Crippen molar-refractivity contribution in [3.05, 3.63) is 0 Å². The van der Waals surface area contributed by atoms with Gasteiger partial charge in [0.25, 0.3) is 0 Å². The average Bonchev–Trinajstić information content (AvgIpc) is 3.11. The van der Waals surface area contributed by atoms with Crippen LogP contribution in [-0.4, -0.2) is 157 Å². The van der Waals surface area contributed by atoms with E-state index in [-0.39, 0.29) is 6.29 Å². The van der Waals surface area contributed by atoms with Gasteiger partial charge in [-0.05, 0) is 6.92 Å². The zero-order valence-electron chi connectivity index (χ0n) is 20.7. The third kappa shape index (κ3) is 5.94. The van der Waals surface area contributed by atoms with Gasteiger partial charge in [0.15, 0.2) is 36.4 Å². The molecule has 2 heterocycles. The van der Waals surface area contributed by atoms with Crippen molar-refractivity contribution in [1.29, 1.82) is 0 Å². The van der Waals surface area contributed by atoms with Crippen LogP contribution in [0.2, 0.25) is 0 Å². The van der Waals surface area contributed by atoms with E-state index in [1.807, 2.05) is 0 Å². The summed E-state index contributed by atoms with van der Waals surface area (Å²) in [4.78, 5) is 19.5. The fraction of sp³-hybridized carbons (Fsp3) is 0.850. The molecule has 19 nitrogen and oxygen atoms in total. The van der Waals surface area contributed by atoms with Gasteiger partial charge in [-0.3, -0.25) is 4.79 Å². The van der Waals surface area contributed by atoms with Crippen molar-refractivity contribution >= 4 is 18.2 Å². The van der Waals surface area contributed by atoms with Crippen molar-refractivity contribution in [3.63, 3.8) is 0 Å². The van der Waals surface area contributed by atoms with E-state index in [1.165, 1.54) is 6.92 Å². The van der Waals surface area contributed by atoms with Gasteiger partial charge in [0, 0.05) is 0 Å². The minimum atomic E-state index is -2.47. The first kappa shape index (κ1) is 31.3. The number of guanidine groups is 2. The summed E-state index contributed by atoms with van der Waals surface area (Å²) in [6.45, 7) is 0.478. The first-order valence-electron chi connectivity index (χ1n) is 11.8. The van der Waals surface area contributed by atoms with Gasteiger partial charge >= 0.3 is 0 Å². The Morgan fingerprint density at radius 3 is 1.95 bits per heavy atom. The molecule has 0 radical (unpaired) electrons. The lowest BCUT2D eigenvalue weighted by Crippen LogP contribution is -2.65. The summed E-state index contributed by atoms with van der Waals surface area (Å²) in [5, 5.41) is 83.2. The molecule has 0 aromatic heterocycles. The largest absolute Gasteiger partial charge is 0.394 e. The topological polar surface area (TPSA) is 345 Å². The van der Waals surface area contributed by atoms with Gasteiger partial charge in [0.2, 0.25) is 0 Å². The smallest absolute Gasteiger partial charge is 0.188 e. The Kier molecular flexibility index (Phi) is 9.68. The number of aliphatic hydroxyl groups is 8. The maximum Gasteiger partial charge on any atom is 0.188 e. The number of nitrogens with two attached hydrogens (primary N) is 4. The maximum absolute atomic E-state index is 12.0. The first-order chi connectivity index (χ1) is 18.2. The fourth-order valence-electron chi connectivity index (χ4n) is 4.75. The standard InChI is InChI=1S/C20H36N6O13/c1-4-20(35,3-28)15(39-16-13(34)11(32)8(29)5(2-27)37-16)17(36-4)38-14-7(26-19(23)24)9(30)6(25-18(21)22)10(31)12(14)33/h3-17,27,29-35H,2H2,1H3,(H4,21,22,25)(H4,23,24,26)/t4-,5-,6-,7+,8-,9-,10+,11+,12-,13-,14-,15-,16-,17-,20+/m0/s1. The van der Waals surface area contributed by atoms with Crippen LogP contribution >= 0.6 is 0 Å². The molecule has 3 fully saturated rings. The van der Waals surface area contributed by atoms with Gasteiger partial charge in [0.1, 0.15) is 67.0 Å².